The van der Waals surface area contributed by atoms with Crippen molar-refractivity contribution in [1.82, 2.24) is 4.72 Å². The standard InChI is InChI=1S/C11H17N3O5S2/c1-8(5-6-20(2)17)13-21(18,19)9-3-4-11(14(15)16)10(12)7-9/h3-4,7-8,13H,5-6,12H2,1-2H3. The van der Waals surface area contributed by atoms with E-state index in [4.69, 9.17) is 5.73 Å². The summed E-state index contributed by atoms with van der Waals surface area (Å²) in [6.45, 7) is 1.65. The molecule has 118 valence electrons. The number of anilines is 1. The van der Waals surface area contributed by atoms with Gasteiger partial charge in [0.05, 0.1) is 9.82 Å². The maximum absolute atomic E-state index is 12.1. The zero-order valence-corrected chi connectivity index (χ0v) is 13.2. The van der Waals surface area contributed by atoms with Crippen molar-refractivity contribution in [2.45, 2.75) is 24.3 Å². The molecule has 2 unspecified atom stereocenters. The van der Waals surface area contributed by atoms with Crippen LogP contribution in [0.15, 0.2) is 23.1 Å². The van der Waals surface area contributed by atoms with E-state index in [0.717, 1.165) is 18.2 Å². The van der Waals surface area contributed by atoms with Crippen molar-refractivity contribution in [1.29, 1.82) is 0 Å². The van der Waals surface area contributed by atoms with Crippen molar-refractivity contribution in [3.05, 3.63) is 28.3 Å². The first-order valence-corrected chi connectivity index (χ1v) is 9.21. The van der Waals surface area contributed by atoms with Crippen molar-refractivity contribution < 1.29 is 17.6 Å². The lowest BCUT2D eigenvalue weighted by Crippen LogP contribution is -2.33. The van der Waals surface area contributed by atoms with Crippen LogP contribution in [0.5, 0.6) is 0 Å². The Morgan fingerprint density at radius 3 is 2.57 bits per heavy atom. The molecule has 0 radical (unpaired) electrons. The molecule has 0 spiro atoms. The fourth-order valence-electron chi connectivity index (χ4n) is 1.60. The number of hydrogen-bond donors (Lipinski definition) is 2. The first kappa shape index (κ1) is 17.5. The van der Waals surface area contributed by atoms with E-state index in [1.54, 1.807) is 6.92 Å². The van der Waals surface area contributed by atoms with Gasteiger partial charge in [0, 0.05) is 34.9 Å². The third-order valence-corrected chi connectivity index (χ3v) is 5.10. The molecule has 1 rings (SSSR count). The summed E-state index contributed by atoms with van der Waals surface area (Å²) in [4.78, 5) is 9.82. The number of nitrogens with two attached hydrogens (primary N) is 1. The van der Waals surface area contributed by atoms with Crippen LogP contribution in [0.2, 0.25) is 0 Å². The first-order valence-electron chi connectivity index (χ1n) is 5.99. The molecule has 0 bridgehead atoms. The molecule has 0 fully saturated rings. The van der Waals surface area contributed by atoms with Crippen LogP contribution in [-0.4, -0.2) is 35.6 Å². The number of benzene rings is 1. The van der Waals surface area contributed by atoms with Gasteiger partial charge in [-0.25, -0.2) is 13.1 Å². The minimum atomic E-state index is -3.82. The zero-order chi connectivity index (χ0) is 16.2. The quantitative estimate of drug-likeness (QED) is 0.426. The predicted octanol–water partition coefficient (Wildman–Crippen LogP) is 0.612. The molecule has 1 aromatic rings. The van der Waals surface area contributed by atoms with Gasteiger partial charge in [-0.15, -0.1) is 0 Å². The van der Waals surface area contributed by atoms with Crippen LogP contribution in [0.1, 0.15) is 13.3 Å². The molecule has 0 amide bonds. The Labute approximate surface area is 125 Å². The fraction of sp³-hybridized carbons (Fsp3) is 0.455. The SMILES string of the molecule is CC(CCS(C)=O)NS(=O)(=O)c1ccc([N+](=O)[O-])c(N)c1. The summed E-state index contributed by atoms with van der Waals surface area (Å²) in [6.07, 6.45) is 1.96. The van der Waals surface area contributed by atoms with E-state index in [2.05, 4.69) is 4.72 Å². The van der Waals surface area contributed by atoms with Crippen LogP contribution in [-0.2, 0) is 20.8 Å². The third kappa shape index (κ3) is 5.06. The van der Waals surface area contributed by atoms with Gasteiger partial charge in [0.25, 0.3) is 5.69 Å². The number of nitro benzene ring substituents is 1. The van der Waals surface area contributed by atoms with E-state index in [1.807, 2.05) is 0 Å². The maximum atomic E-state index is 12.1. The number of hydrogen-bond acceptors (Lipinski definition) is 6. The molecular formula is C11H17N3O5S2. The molecule has 0 aliphatic carbocycles. The Balaban J connectivity index is 2.90. The fourth-order valence-corrected chi connectivity index (χ4v) is 3.60. The second kappa shape index (κ2) is 6.96. The van der Waals surface area contributed by atoms with Crippen LogP contribution in [0.25, 0.3) is 0 Å². The lowest BCUT2D eigenvalue weighted by atomic mass is 10.3. The Hall–Kier alpha value is -1.52. The van der Waals surface area contributed by atoms with Crippen LogP contribution >= 0.6 is 0 Å². The summed E-state index contributed by atoms with van der Waals surface area (Å²) >= 11 is 0. The van der Waals surface area contributed by atoms with Crippen LogP contribution in [0, 0.1) is 10.1 Å². The molecule has 21 heavy (non-hydrogen) atoms. The van der Waals surface area contributed by atoms with Gasteiger partial charge in [-0.2, -0.15) is 0 Å². The molecule has 8 nitrogen and oxygen atoms in total. The normalized spacial score (nSPS) is 14.6. The van der Waals surface area contributed by atoms with Crippen molar-refractivity contribution in [2.24, 2.45) is 0 Å². The smallest absolute Gasteiger partial charge is 0.292 e. The van der Waals surface area contributed by atoms with Gasteiger partial charge in [0.2, 0.25) is 10.0 Å². The summed E-state index contributed by atoms with van der Waals surface area (Å²) in [5.74, 6) is 0.381. The number of sulfonamides is 1. The van der Waals surface area contributed by atoms with Crippen molar-refractivity contribution in [2.75, 3.05) is 17.7 Å². The van der Waals surface area contributed by atoms with E-state index in [1.165, 1.54) is 6.26 Å². The lowest BCUT2D eigenvalue weighted by Gasteiger charge is -2.13. The predicted molar refractivity (Wildman–Crippen MR) is 80.8 cm³/mol. The highest BCUT2D eigenvalue weighted by Gasteiger charge is 2.21. The third-order valence-electron chi connectivity index (χ3n) is 2.70. The molecule has 0 aliphatic rings. The Kier molecular flexibility index (Phi) is 5.81. The molecular weight excluding hydrogens is 318 g/mol. The molecule has 0 heterocycles. The molecule has 2 atom stereocenters. The minimum absolute atomic E-state index is 0.143. The van der Waals surface area contributed by atoms with Gasteiger partial charge in [0.1, 0.15) is 5.69 Å². The minimum Gasteiger partial charge on any atom is -0.393 e. The van der Waals surface area contributed by atoms with Gasteiger partial charge in [-0.1, -0.05) is 0 Å². The van der Waals surface area contributed by atoms with Crippen LogP contribution in [0.4, 0.5) is 11.4 Å². The average Bonchev–Trinajstić information content (AvgIpc) is 2.35. The second-order valence-corrected chi connectivity index (χ2v) is 7.83. The van der Waals surface area contributed by atoms with Gasteiger partial charge >= 0.3 is 0 Å². The summed E-state index contributed by atoms with van der Waals surface area (Å²) in [5.41, 5.74) is 4.91. The monoisotopic (exact) mass is 335 g/mol. The van der Waals surface area contributed by atoms with E-state index < -0.39 is 31.8 Å². The summed E-state index contributed by atoms with van der Waals surface area (Å²) in [7, 11) is -4.82. The van der Waals surface area contributed by atoms with Gasteiger partial charge in [-0.3, -0.25) is 14.3 Å². The largest absolute Gasteiger partial charge is 0.393 e. The van der Waals surface area contributed by atoms with Gasteiger partial charge in [-0.05, 0) is 25.5 Å². The number of nitrogens with one attached hydrogen (secondary N) is 1. The topological polar surface area (TPSA) is 132 Å². The number of nitrogens with zero attached hydrogens (tertiary/aromatic N) is 1. The molecule has 10 heteroatoms. The van der Waals surface area contributed by atoms with E-state index in [-0.39, 0.29) is 16.3 Å². The average molecular weight is 335 g/mol. The molecule has 0 aromatic heterocycles. The zero-order valence-electron chi connectivity index (χ0n) is 11.6. The van der Waals surface area contributed by atoms with Crippen LogP contribution in [0.3, 0.4) is 0 Å². The number of nitrogen functional groups attached to an aromatic ring is 1. The van der Waals surface area contributed by atoms with Crippen molar-refractivity contribution in [3.63, 3.8) is 0 Å². The van der Waals surface area contributed by atoms with Crippen LogP contribution < -0.4 is 10.5 Å². The Morgan fingerprint density at radius 2 is 2.10 bits per heavy atom. The maximum Gasteiger partial charge on any atom is 0.292 e. The Morgan fingerprint density at radius 1 is 1.48 bits per heavy atom. The summed E-state index contributed by atoms with van der Waals surface area (Å²) in [6, 6.07) is 2.82. The highest BCUT2D eigenvalue weighted by molar-refractivity contribution is 7.89. The van der Waals surface area contributed by atoms with Gasteiger partial charge in [0.15, 0.2) is 0 Å². The van der Waals surface area contributed by atoms with E-state index in [0.29, 0.717) is 12.2 Å². The summed E-state index contributed by atoms with van der Waals surface area (Å²) < 4.78 is 37.6. The van der Waals surface area contributed by atoms with Crippen molar-refractivity contribution >= 4 is 32.2 Å². The molecule has 0 aliphatic heterocycles. The number of rotatable bonds is 7. The molecule has 3 N–H and O–H groups in total. The van der Waals surface area contributed by atoms with E-state index >= 15 is 0 Å². The molecule has 0 saturated heterocycles. The Bertz CT molecular complexity index is 660. The highest BCUT2D eigenvalue weighted by atomic mass is 32.2. The molecule has 0 saturated carbocycles. The molecule has 1 aromatic carbocycles. The summed E-state index contributed by atoms with van der Waals surface area (Å²) in [5, 5.41) is 10.6. The highest BCUT2D eigenvalue weighted by Crippen LogP contribution is 2.24. The second-order valence-electron chi connectivity index (χ2n) is 4.57. The number of nitro groups is 1. The lowest BCUT2D eigenvalue weighted by molar-refractivity contribution is -0.383. The van der Waals surface area contributed by atoms with Crippen molar-refractivity contribution in [3.8, 4) is 0 Å². The first-order chi connectivity index (χ1) is 9.63. The van der Waals surface area contributed by atoms with Gasteiger partial charge < -0.3 is 5.73 Å². The van der Waals surface area contributed by atoms with E-state index in [9.17, 15) is 22.7 Å².